The Kier molecular flexibility index (Phi) is 7.76. The van der Waals surface area contributed by atoms with Gasteiger partial charge in [-0.05, 0) is 53.6 Å². The molecule has 5 heteroatoms. The zero-order chi connectivity index (χ0) is 15.2. The lowest BCUT2D eigenvalue weighted by atomic mass is 10.2. The van der Waals surface area contributed by atoms with Gasteiger partial charge in [0.25, 0.3) is 0 Å². The molecule has 0 aromatic rings. The zero-order valence-electron chi connectivity index (χ0n) is 14.0. The monoisotopic (exact) mass is 292 g/mol. The molecule has 0 aromatic carbocycles. The molecule has 0 heterocycles. The van der Waals surface area contributed by atoms with Gasteiger partial charge in [-0.25, -0.2) is 18.9 Å². The molecule has 0 atom stereocenters. The van der Waals surface area contributed by atoms with Crippen LogP contribution in [0, 0.1) is 0 Å². The van der Waals surface area contributed by atoms with Crippen molar-refractivity contribution in [3.05, 3.63) is 0 Å². The third kappa shape index (κ3) is 9.57. The minimum atomic E-state index is -2.45. The topological polar surface area (TPSA) is 36.9 Å². The summed E-state index contributed by atoms with van der Waals surface area (Å²) in [4.78, 5) is 11.0. The molecular weight excluding hydrogens is 260 g/mol. The molecule has 0 aliphatic rings. The van der Waals surface area contributed by atoms with Crippen molar-refractivity contribution in [3.8, 4) is 0 Å². The molecule has 0 N–H and O–H groups in total. The van der Waals surface area contributed by atoms with Crippen LogP contribution >= 0.6 is 0 Å². The predicted molar refractivity (Wildman–Crippen MR) is 79.8 cm³/mol. The molecule has 0 aromatic heterocycles. The summed E-state index contributed by atoms with van der Waals surface area (Å²) in [7, 11) is -2.45. The predicted octanol–water partition coefficient (Wildman–Crippen LogP) is 4.74. The van der Waals surface area contributed by atoms with E-state index in [9.17, 15) is 0 Å². The largest absolute Gasteiger partial charge is 0.409 e. The minimum Gasteiger partial charge on any atom is -0.248 e. The Labute approximate surface area is 119 Å². The number of unbranched alkanes of at least 4 members (excludes halogenated alkanes) is 1. The lowest BCUT2D eigenvalue weighted by Crippen LogP contribution is -2.45. The van der Waals surface area contributed by atoms with Gasteiger partial charge in [-0.15, -0.1) is 0 Å². The van der Waals surface area contributed by atoms with Crippen molar-refractivity contribution >= 4 is 8.56 Å². The van der Waals surface area contributed by atoms with E-state index in [0.29, 0.717) is 0 Å². The molecule has 116 valence electrons. The average molecular weight is 292 g/mol. The molecule has 0 spiro atoms. The second-order valence-electron chi connectivity index (χ2n) is 6.93. The minimum absolute atomic E-state index is 0.343. The van der Waals surface area contributed by atoms with E-state index in [4.69, 9.17) is 18.9 Å². The van der Waals surface area contributed by atoms with Crippen LogP contribution in [-0.4, -0.2) is 19.8 Å². The molecule has 4 nitrogen and oxygen atoms in total. The summed E-state index contributed by atoms with van der Waals surface area (Å²) >= 11 is 0. The van der Waals surface area contributed by atoms with Crippen LogP contribution in [0.4, 0.5) is 0 Å². The van der Waals surface area contributed by atoms with Gasteiger partial charge in [0.2, 0.25) is 0 Å². The molecule has 0 saturated heterocycles. The third-order valence-corrected chi connectivity index (χ3v) is 5.30. The molecule has 0 radical (unpaired) electrons. The van der Waals surface area contributed by atoms with Crippen molar-refractivity contribution < 1.29 is 18.9 Å². The van der Waals surface area contributed by atoms with Crippen molar-refractivity contribution in [2.24, 2.45) is 0 Å². The van der Waals surface area contributed by atoms with Crippen LogP contribution in [0.1, 0.15) is 68.2 Å². The molecule has 0 saturated carbocycles. The highest BCUT2D eigenvalue weighted by Crippen LogP contribution is 2.26. The Hall–Kier alpha value is 0.0569. The molecule has 0 unspecified atom stereocenters. The van der Waals surface area contributed by atoms with Gasteiger partial charge in [0.15, 0.2) is 0 Å². The van der Waals surface area contributed by atoms with Gasteiger partial charge < -0.3 is 0 Å². The normalized spacial score (nSPS) is 13.9. The van der Waals surface area contributed by atoms with Gasteiger partial charge in [0.05, 0.1) is 11.2 Å². The highest BCUT2D eigenvalue weighted by atomic mass is 28.4. The van der Waals surface area contributed by atoms with E-state index < -0.39 is 8.56 Å². The van der Waals surface area contributed by atoms with Gasteiger partial charge in [-0.2, -0.15) is 0 Å². The first-order chi connectivity index (χ1) is 8.54. The zero-order valence-corrected chi connectivity index (χ0v) is 15.0. The van der Waals surface area contributed by atoms with Gasteiger partial charge in [-0.1, -0.05) is 26.7 Å². The first kappa shape index (κ1) is 19.1. The highest BCUT2D eigenvalue weighted by molar-refractivity contribution is 6.66. The molecule has 0 rings (SSSR count). The van der Waals surface area contributed by atoms with E-state index >= 15 is 0 Å². The van der Waals surface area contributed by atoms with E-state index in [1.807, 2.05) is 41.5 Å². The second-order valence-corrected chi connectivity index (χ2v) is 10.3. The maximum atomic E-state index is 5.73. The number of hydrogen-bond acceptors (Lipinski definition) is 4. The third-order valence-electron chi connectivity index (χ3n) is 2.34. The van der Waals surface area contributed by atoms with Gasteiger partial charge in [0, 0.05) is 0 Å². The summed E-state index contributed by atoms with van der Waals surface area (Å²) in [5.74, 6) is 0. The molecule has 0 aliphatic heterocycles. The SMILES string of the molecule is CCCC[Si](CC)(OOC(C)(C)C)OOC(C)(C)C. The molecule has 0 bridgehead atoms. The Morgan fingerprint density at radius 1 is 0.789 bits per heavy atom. The van der Waals surface area contributed by atoms with Crippen molar-refractivity contribution in [3.63, 3.8) is 0 Å². The van der Waals surface area contributed by atoms with E-state index in [-0.39, 0.29) is 11.2 Å². The van der Waals surface area contributed by atoms with Crippen molar-refractivity contribution in [1.29, 1.82) is 0 Å². The van der Waals surface area contributed by atoms with Crippen LogP contribution in [0.5, 0.6) is 0 Å². The Bertz CT molecular complexity index is 225. The van der Waals surface area contributed by atoms with Crippen LogP contribution in [0.25, 0.3) is 0 Å². The average Bonchev–Trinajstić information content (AvgIpc) is 2.26. The van der Waals surface area contributed by atoms with Crippen molar-refractivity contribution in [2.75, 3.05) is 0 Å². The Morgan fingerprint density at radius 2 is 1.21 bits per heavy atom. The fourth-order valence-electron chi connectivity index (χ4n) is 1.24. The van der Waals surface area contributed by atoms with Crippen LogP contribution in [-0.2, 0) is 18.9 Å². The second kappa shape index (κ2) is 7.74. The van der Waals surface area contributed by atoms with Crippen LogP contribution in [0.3, 0.4) is 0 Å². The van der Waals surface area contributed by atoms with Crippen molar-refractivity contribution in [2.45, 2.75) is 91.5 Å². The lowest BCUT2D eigenvalue weighted by Gasteiger charge is -2.32. The van der Waals surface area contributed by atoms with E-state index in [2.05, 4.69) is 13.8 Å². The quantitative estimate of drug-likeness (QED) is 0.368. The van der Waals surface area contributed by atoms with E-state index in [1.165, 1.54) is 0 Å². The summed E-state index contributed by atoms with van der Waals surface area (Å²) in [5, 5.41) is 0. The Morgan fingerprint density at radius 3 is 1.47 bits per heavy atom. The van der Waals surface area contributed by atoms with Crippen LogP contribution < -0.4 is 0 Å². The number of hydrogen-bond donors (Lipinski definition) is 0. The van der Waals surface area contributed by atoms with Crippen molar-refractivity contribution in [1.82, 2.24) is 0 Å². The molecule has 0 amide bonds. The van der Waals surface area contributed by atoms with Gasteiger partial charge >= 0.3 is 8.56 Å². The summed E-state index contributed by atoms with van der Waals surface area (Å²) in [6.45, 7) is 16.0. The maximum absolute atomic E-state index is 5.73. The van der Waals surface area contributed by atoms with E-state index in [0.717, 1.165) is 24.9 Å². The fraction of sp³-hybridized carbons (Fsp3) is 1.00. The maximum Gasteiger partial charge on any atom is 0.409 e. The smallest absolute Gasteiger partial charge is 0.248 e. The summed E-state index contributed by atoms with van der Waals surface area (Å²) in [6, 6.07) is 1.69. The summed E-state index contributed by atoms with van der Waals surface area (Å²) in [6.07, 6.45) is 2.16. The highest BCUT2D eigenvalue weighted by Gasteiger charge is 2.41. The molecule has 0 fully saturated rings. The fourth-order valence-corrected chi connectivity index (χ4v) is 3.72. The number of rotatable bonds is 8. The summed E-state index contributed by atoms with van der Waals surface area (Å²) in [5.41, 5.74) is -0.685. The molecule has 0 aliphatic carbocycles. The standard InChI is InChI=1S/C14H32O4Si/c1-9-11-12-19(10-2,17-15-13(3,4)5)18-16-14(6,7)8/h9-12H2,1-8H3. The molecule has 19 heavy (non-hydrogen) atoms. The Balaban J connectivity index is 4.67. The summed E-state index contributed by atoms with van der Waals surface area (Å²) < 4.78 is 11.5. The van der Waals surface area contributed by atoms with Crippen LogP contribution in [0.15, 0.2) is 0 Å². The first-order valence-electron chi connectivity index (χ1n) is 7.27. The van der Waals surface area contributed by atoms with Gasteiger partial charge in [-0.3, -0.25) is 0 Å². The first-order valence-corrected chi connectivity index (χ1v) is 9.50. The van der Waals surface area contributed by atoms with Crippen LogP contribution in [0.2, 0.25) is 12.1 Å². The lowest BCUT2D eigenvalue weighted by molar-refractivity contribution is -0.349. The van der Waals surface area contributed by atoms with E-state index in [1.54, 1.807) is 0 Å². The van der Waals surface area contributed by atoms with Gasteiger partial charge in [0.1, 0.15) is 0 Å². The molecular formula is C14H32O4Si.